The van der Waals surface area contributed by atoms with E-state index >= 15 is 0 Å². The Labute approximate surface area is 180 Å². The molecular formula is C25H35N5. The minimum absolute atomic E-state index is 0.463. The molecule has 1 saturated heterocycles. The van der Waals surface area contributed by atoms with Crippen LogP contribution in [0, 0.1) is 19.8 Å². The van der Waals surface area contributed by atoms with Gasteiger partial charge in [0.25, 0.3) is 5.78 Å². The van der Waals surface area contributed by atoms with Gasteiger partial charge in [0, 0.05) is 24.7 Å². The highest BCUT2D eigenvalue weighted by molar-refractivity contribution is 5.38. The number of rotatable bonds is 6. The highest BCUT2D eigenvalue weighted by Crippen LogP contribution is 2.35. The van der Waals surface area contributed by atoms with Crippen LogP contribution in [0.2, 0.25) is 0 Å². The van der Waals surface area contributed by atoms with E-state index < -0.39 is 0 Å². The van der Waals surface area contributed by atoms with Gasteiger partial charge in [-0.25, -0.2) is 9.50 Å². The van der Waals surface area contributed by atoms with Crippen molar-refractivity contribution in [1.29, 1.82) is 0 Å². The first kappa shape index (κ1) is 21.0. The van der Waals surface area contributed by atoms with E-state index in [1.54, 1.807) is 11.9 Å². The lowest BCUT2D eigenvalue weighted by atomic mass is 9.81. The number of aryl methyl sites for hydroxylation is 2. The molecule has 0 aliphatic carbocycles. The number of nitrogens with zero attached hydrogens (tertiary/aromatic N) is 5. The lowest BCUT2D eigenvalue weighted by molar-refractivity contribution is 0.196. The number of benzene rings is 1. The van der Waals surface area contributed by atoms with Crippen LogP contribution in [0.4, 0.5) is 0 Å². The zero-order chi connectivity index (χ0) is 21.3. The quantitative estimate of drug-likeness (QED) is 0.560. The third-order valence-electron chi connectivity index (χ3n) is 6.75. The maximum Gasteiger partial charge on any atom is 0.252 e. The van der Waals surface area contributed by atoms with Crippen LogP contribution in [0.3, 0.4) is 0 Å². The molecule has 0 saturated carbocycles. The number of hydrogen-bond acceptors (Lipinski definition) is 4. The summed E-state index contributed by atoms with van der Waals surface area (Å²) in [4.78, 5) is 11.5. The molecule has 2 aromatic heterocycles. The van der Waals surface area contributed by atoms with Crippen molar-refractivity contribution in [2.24, 2.45) is 5.92 Å². The lowest BCUT2D eigenvalue weighted by Crippen LogP contribution is -2.35. The Balaban J connectivity index is 1.60. The van der Waals surface area contributed by atoms with Crippen LogP contribution < -0.4 is 0 Å². The van der Waals surface area contributed by atoms with Gasteiger partial charge in [-0.05, 0) is 74.2 Å². The largest absolute Gasteiger partial charge is 0.298 e. The molecule has 0 bridgehead atoms. The third-order valence-corrected chi connectivity index (χ3v) is 6.75. The normalized spacial score (nSPS) is 18.9. The molecule has 5 heteroatoms. The van der Waals surface area contributed by atoms with Crippen molar-refractivity contribution in [1.82, 2.24) is 24.5 Å². The Bertz CT molecular complexity index is 1010. The van der Waals surface area contributed by atoms with Gasteiger partial charge in [-0.3, -0.25) is 4.90 Å². The molecule has 1 aromatic carbocycles. The second kappa shape index (κ2) is 8.84. The average molecular weight is 406 g/mol. The molecular weight excluding hydrogens is 370 g/mol. The van der Waals surface area contributed by atoms with Gasteiger partial charge in [-0.1, -0.05) is 39.0 Å². The molecule has 2 unspecified atom stereocenters. The SMILES string of the molecule is CCC(c1c(C)cccc1CN1CCCC(c2cc(C)nc3ncnn23)C1)C(C)C. The van der Waals surface area contributed by atoms with Crippen molar-refractivity contribution in [2.45, 2.75) is 72.3 Å². The Morgan fingerprint density at radius 1 is 1.20 bits per heavy atom. The van der Waals surface area contributed by atoms with Crippen molar-refractivity contribution in [3.63, 3.8) is 0 Å². The van der Waals surface area contributed by atoms with Crippen LogP contribution in [0.5, 0.6) is 0 Å². The molecule has 160 valence electrons. The third kappa shape index (κ3) is 4.13. The second-order valence-corrected chi connectivity index (χ2v) is 9.27. The van der Waals surface area contributed by atoms with Crippen molar-refractivity contribution >= 4 is 5.78 Å². The summed E-state index contributed by atoms with van der Waals surface area (Å²) in [6.45, 7) is 14.6. The van der Waals surface area contributed by atoms with Gasteiger partial charge in [0.05, 0.1) is 5.69 Å². The molecule has 2 atom stereocenters. The fourth-order valence-electron chi connectivity index (χ4n) is 5.35. The first-order valence-electron chi connectivity index (χ1n) is 11.5. The standard InChI is InChI=1S/C25H35N5/c1-6-22(17(2)3)24-18(4)9-7-10-21(24)15-29-12-8-11-20(14-29)23-13-19(5)28-25-26-16-27-30(23)25/h7,9-10,13,16-17,20,22H,6,8,11-12,14-15H2,1-5H3. The van der Waals surface area contributed by atoms with E-state index in [4.69, 9.17) is 0 Å². The van der Waals surface area contributed by atoms with E-state index in [0.717, 1.165) is 25.3 Å². The summed E-state index contributed by atoms with van der Waals surface area (Å²) < 4.78 is 1.94. The summed E-state index contributed by atoms with van der Waals surface area (Å²) in [5, 5.41) is 4.45. The van der Waals surface area contributed by atoms with Crippen molar-refractivity contribution in [3.8, 4) is 0 Å². The fraction of sp³-hybridized carbons (Fsp3) is 0.560. The molecule has 0 amide bonds. The number of hydrogen-bond donors (Lipinski definition) is 0. The second-order valence-electron chi connectivity index (χ2n) is 9.27. The van der Waals surface area contributed by atoms with E-state index in [9.17, 15) is 0 Å². The minimum Gasteiger partial charge on any atom is -0.298 e. The first-order valence-corrected chi connectivity index (χ1v) is 11.5. The van der Waals surface area contributed by atoms with E-state index in [1.807, 2.05) is 4.52 Å². The summed E-state index contributed by atoms with van der Waals surface area (Å²) in [6, 6.07) is 9.06. The summed E-state index contributed by atoms with van der Waals surface area (Å²) >= 11 is 0. The summed E-state index contributed by atoms with van der Waals surface area (Å²) in [5.74, 6) is 2.46. The van der Waals surface area contributed by atoms with Crippen LogP contribution in [0.25, 0.3) is 5.78 Å². The Morgan fingerprint density at radius 2 is 2.03 bits per heavy atom. The van der Waals surface area contributed by atoms with Gasteiger partial charge >= 0.3 is 0 Å². The molecule has 0 radical (unpaired) electrons. The molecule has 30 heavy (non-hydrogen) atoms. The molecule has 4 rings (SSSR count). The number of piperidine rings is 1. The Morgan fingerprint density at radius 3 is 2.80 bits per heavy atom. The van der Waals surface area contributed by atoms with Crippen LogP contribution in [-0.2, 0) is 6.54 Å². The van der Waals surface area contributed by atoms with Crippen molar-refractivity contribution in [2.75, 3.05) is 13.1 Å². The van der Waals surface area contributed by atoms with E-state index in [1.165, 1.54) is 36.1 Å². The van der Waals surface area contributed by atoms with Crippen LogP contribution >= 0.6 is 0 Å². The van der Waals surface area contributed by atoms with Gasteiger partial charge in [0.15, 0.2) is 0 Å². The van der Waals surface area contributed by atoms with Crippen LogP contribution in [-0.4, -0.2) is 37.6 Å². The van der Waals surface area contributed by atoms with Gasteiger partial charge in [-0.2, -0.15) is 10.1 Å². The summed E-state index contributed by atoms with van der Waals surface area (Å²) in [5.41, 5.74) is 6.79. The molecule has 3 aromatic rings. The summed E-state index contributed by atoms with van der Waals surface area (Å²) in [6.07, 6.45) is 5.21. The van der Waals surface area contributed by atoms with Gasteiger partial charge < -0.3 is 0 Å². The predicted octanol–water partition coefficient (Wildman–Crippen LogP) is 5.27. The monoisotopic (exact) mass is 405 g/mol. The maximum absolute atomic E-state index is 4.52. The highest BCUT2D eigenvalue weighted by Gasteiger charge is 2.26. The number of likely N-dealkylation sites (tertiary alicyclic amines) is 1. The first-order chi connectivity index (χ1) is 14.5. The molecule has 1 fully saturated rings. The fourth-order valence-corrected chi connectivity index (χ4v) is 5.35. The molecule has 1 aliphatic rings. The topological polar surface area (TPSA) is 46.3 Å². The molecule has 0 N–H and O–H groups in total. The Kier molecular flexibility index (Phi) is 6.19. The van der Waals surface area contributed by atoms with Gasteiger partial charge in [0.1, 0.15) is 6.33 Å². The minimum atomic E-state index is 0.463. The molecule has 5 nitrogen and oxygen atoms in total. The predicted molar refractivity (Wildman–Crippen MR) is 122 cm³/mol. The average Bonchev–Trinajstić information content (AvgIpc) is 3.18. The zero-order valence-corrected chi connectivity index (χ0v) is 19.1. The van der Waals surface area contributed by atoms with E-state index in [2.05, 4.69) is 78.9 Å². The number of aromatic nitrogens is 4. The highest BCUT2D eigenvalue weighted by atomic mass is 15.3. The lowest BCUT2D eigenvalue weighted by Gasteiger charge is -2.34. The van der Waals surface area contributed by atoms with E-state index in [-0.39, 0.29) is 0 Å². The van der Waals surface area contributed by atoms with Crippen LogP contribution in [0.15, 0.2) is 30.6 Å². The number of fused-ring (bicyclic) bond motifs is 1. The van der Waals surface area contributed by atoms with Gasteiger partial charge in [0.2, 0.25) is 0 Å². The molecule has 3 heterocycles. The maximum atomic E-state index is 4.52. The summed E-state index contributed by atoms with van der Waals surface area (Å²) in [7, 11) is 0. The van der Waals surface area contributed by atoms with Gasteiger partial charge in [-0.15, -0.1) is 0 Å². The van der Waals surface area contributed by atoms with Crippen molar-refractivity contribution < 1.29 is 0 Å². The van der Waals surface area contributed by atoms with Crippen molar-refractivity contribution in [3.05, 3.63) is 58.7 Å². The molecule has 0 spiro atoms. The zero-order valence-electron chi connectivity index (χ0n) is 19.1. The smallest absolute Gasteiger partial charge is 0.252 e. The Hall–Kier alpha value is -2.27. The van der Waals surface area contributed by atoms with E-state index in [0.29, 0.717) is 23.5 Å². The van der Waals surface area contributed by atoms with Crippen LogP contribution in [0.1, 0.15) is 79.9 Å². The molecule has 1 aliphatic heterocycles.